The van der Waals surface area contributed by atoms with Gasteiger partial charge < -0.3 is 5.73 Å². The molecule has 2 heterocycles. The molecule has 5 heteroatoms. The number of thiophene rings is 1. The Hall–Kier alpha value is -1.20. The number of nitrogens with one attached hydrogen (secondary N) is 1. The third kappa shape index (κ3) is 2.92. The lowest BCUT2D eigenvalue weighted by atomic mass is 9.85. The van der Waals surface area contributed by atoms with Gasteiger partial charge in [0.25, 0.3) is 0 Å². The molecule has 0 aliphatic rings. The highest BCUT2D eigenvalue weighted by molar-refractivity contribution is 7.13. The summed E-state index contributed by atoms with van der Waals surface area (Å²) in [4.78, 5) is 5.55. The van der Waals surface area contributed by atoms with Crippen LogP contribution in [0.15, 0.2) is 17.5 Å². The number of H-pyrrole nitrogens is 1. The topological polar surface area (TPSA) is 67.6 Å². The number of hydrogen-bond donors (Lipinski definition) is 2. The van der Waals surface area contributed by atoms with Crippen molar-refractivity contribution in [3.8, 4) is 10.7 Å². The molecular formula is C12H18N4S. The highest BCUT2D eigenvalue weighted by Gasteiger charge is 2.22. The number of rotatable bonds is 3. The fraction of sp³-hybridized carbons (Fsp3) is 0.500. The quantitative estimate of drug-likeness (QED) is 0.879. The second-order valence-corrected chi connectivity index (χ2v) is 6.21. The Balaban J connectivity index is 2.09. The predicted octanol–water partition coefficient (Wildman–Crippen LogP) is 2.45. The van der Waals surface area contributed by atoms with Crippen molar-refractivity contribution in [3.05, 3.63) is 23.3 Å². The molecule has 0 radical (unpaired) electrons. The van der Waals surface area contributed by atoms with Crippen molar-refractivity contribution in [1.29, 1.82) is 0 Å². The van der Waals surface area contributed by atoms with E-state index in [4.69, 9.17) is 5.73 Å². The molecule has 0 fully saturated rings. The smallest absolute Gasteiger partial charge is 0.191 e. The number of nitrogens with two attached hydrogens (primary N) is 1. The largest absolute Gasteiger partial charge is 0.327 e. The molecule has 4 nitrogen and oxygen atoms in total. The van der Waals surface area contributed by atoms with Crippen molar-refractivity contribution < 1.29 is 0 Å². The lowest BCUT2D eigenvalue weighted by Crippen LogP contribution is -2.37. The van der Waals surface area contributed by atoms with Gasteiger partial charge in [-0.25, -0.2) is 4.98 Å². The molecule has 0 amide bonds. The first-order valence-electron chi connectivity index (χ1n) is 5.67. The van der Waals surface area contributed by atoms with Gasteiger partial charge in [-0.05, 0) is 16.9 Å². The zero-order valence-electron chi connectivity index (χ0n) is 10.4. The van der Waals surface area contributed by atoms with E-state index in [1.807, 2.05) is 17.5 Å². The first-order valence-corrected chi connectivity index (χ1v) is 6.55. The summed E-state index contributed by atoms with van der Waals surface area (Å²) >= 11 is 1.64. The van der Waals surface area contributed by atoms with E-state index in [0.717, 1.165) is 22.9 Å². The van der Waals surface area contributed by atoms with E-state index >= 15 is 0 Å². The Morgan fingerprint density at radius 3 is 2.82 bits per heavy atom. The summed E-state index contributed by atoms with van der Waals surface area (Å²) < 4.78 is 0. The molecule has 2 aromatic rings. The minimum absolute atomic E-state index is 0.0756. The van der Waals surface area contributed by atoms with Gasteiger partial charge in [0.1, 0.15) is 5.82 Å². The number of nitrogens with zero attached hydrogens (tertiary/aromatic N) is 2. The van der Waals surface area contributed by atoms with Crippen molar-refractivity contribution in [2.24, 2.45) is 11.1 Å². The van der Waals surface area contributed by atoms with Crippen molar-refractivity contribution in [2.75, 3.05) is 0 Å². The van der Waals surface area contributed by atoms with Crippen LogP contribution >= 0.6 is 11.3 Å². The van der Waals surface area contributed by atoms with Crippen LogP contribution in [0.5, 0.6) is 0 Å². The zero-order chi connectivity index (χ0) is 12.5. The Kier molecular flexibility index (Phi) is 3.31. The van der Waals surface area contributed by atoms with Crippen LogP contribution in [0.4, 0.5) is 0 Å². The lowest BCUT2D eigenvalue weighted by Gasteiger charge is -2.25. The predicted molar refractivity (Wildman–Crippen MR) is 70.8 cm³/mol. The monoisotopic (exact) mass is 250 g/mol. The number of hydrogen-bond acceptors (Lipinski definition) is 4. The molecule has 2 aromatic heterocycles. The average molecular weight is 250 g/mol. The second-order valence-electron chi connectivity index (χ2n) is 5.26. The van der Waals surface area contributed by atoms with Gasteiger partial charge in [0.2, 0.25) is 0 Å². The molecule has 0 aliphatic heterocycles. The molecule has 0 bridgehead atoms. The SMILES string of the molecule is CC(C)(C)C(N)Cc1nc(-c2cccs2)n[nH]1. The molecule has 0 spiro atoms. The minimum Gasteiger partial charge on any atom is -0.327 e. The zero-order valence-corrected chi connectivity index (χ0v) is 11.2. The molecule has 17 heavy (non-hydrogen) atoms. The third-order valence-electron chi connectivity index (χ3n) is 2.80. The molecule has 0 aliphatic carbocycles. The molecule has 1 unspecified atom stereocenters. The summed E-state index contributed by atoms with van der Waals surface area (Å²) in [5, 5.41) is 9.20. The van der Waals surface area contributed by atoms with Crippen molar-refractivity contribution in [2.45, 2.75) is 33.2 Å². The van der Waals surface area contributed by atoms with Crippen molar-refractivity contribution in [3.63, 3.8) is 0 Å². The van der Waals surface area contributed by atoms with E-state index in [0.29, 0.717) is 0 Å². The van der Waals surface area contributed by atoms with Gasteiger partial charge in [0, 0.05) is 12.5 Å². The third-order valence-corrected chi connectivity index (χ3v) is 3.66. The normalized spacial score (nSPS) is 13.9. The Morgan fingerprint density at radius 2 is 2.24 bits per heavy atom. The average Bonchev–Trinajstić information content (AvgIpc) is 2.83. The van der Waals surface area contributed by atoms with Gasteiger partial charge >= 0.3 is 0 Å². The van der Waals surface area contributed by atoms with Crippen LogP contribution in [0.25, 0.3) is 10.7 Å². The van der Waals surface area contributed by atoms with Crippen LogP contribution in [0.1, 0.15) is 26.6 Å². The maximum Gasteiger partial charge on any atom is 0.191 e. The molecular weight excluding hydrogens is 232 g/mol. The maximum absolute atomic E-state index is 6.13. The highest BCUT2D eigenvalue weighted by atomic mass is 32.1. The summed E-state index contributed by atoms with van der Waals surface area (Å²) in [7, 11) is 0. The summed E-state index contributed by atoms with van der Waals surface area (Å²) in [5.74, 6) is 1.62. The Labute approximate surface area is 105 Å². The minimum atomic E-state index is 0.0756. The molecule has 0 aromatic carbocycles. The van der Waals surface area contributed by atoms with Crippen molar-refractivity contribution >= 4 is 11.3 Å². The Morgan fingerprint density at radius 1 is 1.47 bits per heavy atom. The molecule has 0 saturated carbocycles. The lowest BCUT2D eigenvalue weighted by molar-refractivity contribution is 0.315. The van der Waals surface area contributed by atoms with Gasteiger partial charge in [-0.3, -0.25) is 5.10 Å². The summed E-state index contributed by atoms with van der Waals surface area (Å²) in [6.07, 6.45) is 0.724. The summed E-state index contributed by atoms with van der Waals surface area (Å²) in [6.45, 7) is 6.40. The van der Waals surface area contributed by atoms with Crippen LogP contribution in [-0.2, 0) is 6.42 Å². The van der Waals surface area contributed by atoms with Gasteiger partial charge in [0.15, 0.2) is 5.82 Å². The summed E-state index contributed by atoms with van der Waals surface area (Å²) in [6, 6.07) is 4.09. The van der Waals surface area contributed by atoms with Crippen LogP contribution in [0.3, 0.4) is 0 Å². The van der Waals surface area contributed by atoms with E-state index in [2.05, 4.69) is 36.0 Å². The fourth-order valence-corrected chi connectivity index (χ4v) is 2.07. The standard InChI is InChI=1S/C12H18N4S/c1-12(2,3)9(13)7-10-14-11(16-15-10)8-5-4-6-17-8/h4-6,9H,7,13H2,1-3H3,(H,14,15,16). The fourth-order valence-electron chi connectivity index (χ4n) is 1.42. The van der Waals surface area contributed by atoms with Crippen LogP contribution in [0.2, 0.25) is 0 Å². The van der Waals surface area contributed by atoms with E-state index in [9.17, 15) is 0 Å². The van der Waals surface area contributed by atoms with E-state index in [1.165, 1.54) is 0 Å². The van der Waals surface area contributed by atoms with Crippen LogP contribution in [0, 0.1) is 5.41 Å². The highest BCUT2D eigenvalue weighted by Crippen LogP contribution is 2.22. The van der Waals surface area contributed by atoms with Gasteiger partial charge in [-0.15, -0.1) is 11.3 Å². The number of aromatic nitrogens is 3. The van der Waals surface area contributed by atoms with Crippen molar-refractivity contribution in [1.82, 2.24) is 15.2 Å². The Bertz CT molecular complexity index is 467. The molecule has 0 saturated heterocycles. The first kappa shape index (κ1) is 12.3. The maximum atomic E-state index is 6.13. The van der Waals surface area contributed by atoms with Gasteiger partial charge in [-0.1, -0.05) is 26.8 Å². The van der Waals surface area contributed by atoms with Gasteiger partial charge in [-0.2, -0.15) is 5.10 Å². The molecule has 3 N–H and O–H groups in total. The van der Waals surface area contributed by atoms with Crippen LogP contribution in [-0.4, -0.2) is 21.2 Å². The molecule has 1 atom stereocenters. The molecule has 2 rings (SSSR count). The molecule has 92 valence electrons. The van der Waals surface area contributed by atoms with E-state index < -0.39 is 0 Å². The van der Waals surface area contributed by atoms with Crippen LogP contribution < -0.4 is 5.73 Å². The second kappa shape index (κ2) is 4.58. The summed E-state index contributed by atoms with van der Waals surface area (Å²) in [5.41, 5.74) is 6.20. The van der Waals surface area contributed by atoms with Gasteiger partial charge in [0.05, 0.1) is 4.88 Å². The first-order chi connectivity index (χ1) is 7.97. The number of aromatic amines is 1. The van der Waals surface area contributed by atoms with E-state index in [-0.39, 0.29) is 11.5 Å². The van der Waals surface area contributed by atoms with E-state index in [1.54, 1.807) is 11.3 Å².